The highest BCUT2D eigenvalue weighted by atomic mass is 16.5. The lowest BCUT2D eigenvalue weighted by Crippen LogP contribution is -2.47. The maximum atomic E-state index is 12.4. The van der Waals surface area contributed by atoms with Gasteiger partial charge in [-0.25, -0.2) is 4.79 Å². The number of benzene rings is 1. The minimum Gasteiger partial charge on any atom is -0.467 e. The van der Waals surface area contributed by atoms with Gasteiger partial charge in [-0.1, -0.05) is 38.0 Å². The Bertz CT molecular complexity index is 472. The molecule has 0 radical (unpaired) electrons. The predicted molar refractivity (Wildman–Crippen MR) is 81.8 cm³/mol. The van der Waals surface area contributed by atoms with Gasteiger partial charge in [0.1, 0.15) is 5.54 Å². The van der Waals surface area contributed by atoms with E-state index in [1.165, 1.54) is 13.5 Å². The number of carbonyl (C=O) groups is 1. The summed E-state index contributed by atoms with van der Waals surface area (Å²) in [7, 11) is 1.48. The van der Waals surface area contributed by atoms with Crippen LogP contribution >= 0.6 is 0 Å². The Labute approximate surface area is 121 Å². The van der Waals surface area contributed by atoms with E-state index in [-0.39, 0.29) is 5.97 Å². The lowest BCUT2D eigenvalue weighted by Gasteiger charge is -2.32. The molecule has 0 saturated heterocycles. The van der Waals surface area contributed by atoms with Crippen molar-refractivity contribution in [3.8, 4) is 0 Å². The molecule has 2 atom stereocenters. The Morgan fingerprint density at radius 3 is 2.75 bits per heavy atom. The van der Waals surface area contributed by atoms with Gasteiger partial charge in [-0.15, -0.1) is 0 Å². The zero-order valence-corrected chi connectivity index (χ0v) is 12.7. The van der Waals surface area contributed by atoms with Gasteiger partial charge < -0.3 is 10.1 Å². The van der Waals surface area contributed by atoms with Crippen molar-refractivity contribution in [2.45, 2.75) is 51.5 Å². The van der Waals surface area contributed by atoms with Crippen molar-refractivity contribution in [3.63, 3.8) is 0 Å². The first-order chi connectivity index (χ1) is 9.57. The molecule has 0 bridgehead atoms. The maximum Gasteiger partial charge on any atom is 0.331 e. The lowest BCUT2D eigenvalue weighted by molar-refractivity contribution is -0.146. The zero-order valence-electron chi connectivity index (χ0n) is 12.7. The molecule has 1 fully saturated rings. The fraction of sp³-hybridized carbons (Fsp3) is 0.588. The van der Waals surface area contributed by atoms with Crippen molar-refractivity contribution in [1.82, 2.24) is 0 Å². The molecule has 2 rings (SSSR count). The molecule has 1 N–H and O–H groups in total. The molecule has 1 aromatic carbocycles. The molecule has 20 heavy (non-hydrogen) atoms. The maximum absolute atomic E-state index is 12.4. The van der Waals surface area contributed by atoms with Crippen LogP contribution in [0.15, 0.2) is 24.3 Å². The van der Waals surface area contributed by atoms with Gasteiger partial charge in [0.25, 0.3) is 0 Å². The first kappa shape index (κ1) is 14.9. The number of methoxy groups -OCH3 is 1. The van der Waals surface area contributed by atoms with E-state index >= 15 is 0 Å². The van der Waals surface area contributed by atoms with E-state index in [2.05, 4.69) is 25.2 Å². The van der Waals surface area contributed by atoms with E-state index in [0.29, 0.717) is 5.92 Å². The summed E-state index contributed by atoms with van der Waals surface area (Å²) in [5.41, 5.74) is 1.63. The summed E-state index contributed by atoms with van der Waals surface area (Å²) < 4.78 is 5.09. The molecule has 0 aromatic heterocycles. The highest BCUT2D eigenvalue weighted by Crippen LogP contribution is 2.34. The molecule has 1 aromatic rings. The second-order valence-corrected chi connectivity index (χ2v) is 6.05. The summed E-state index contributed by atoms with van der Waals surface area (Å²) in [5, 5.41) is 3.50. The molecule has 110 valence electrons. The van der Waals surface area contributed by atoms with Crippen molar-refractivity contribution in [3.05, 3.63) is 29.8 Å². The Balaban J connectivity index is 2.28. The van der Waals surface area contributed by atoms with E-state index in [9.17, 15) is 4.79 Å². The second kappa shape index (κ2) is 6.29. The Morgan fingerprint density at radius 2 is 2.05 bits per heavy atom. The Hall–Kier alpha value is -1.51. The van der Waals surface area contributed by atoms with Crippen LogP contribution in [0, 0.1) is 12.8 Å². The number of aryl methyl sites for hydroxylation is 1. The van der Waals surface area contributed by atoms with E-state index < -0.39 is 5.54 Å². The summed E-state index contributed by atoms with van der Waals surface area (Å²) in [6.07, 6.45) is 5.00. The van der Waals surface area contributed by atoms with Gasteiger partial charge in [0.2, 0.25) is 0 Å². The Morgan fingerprint density at radius 1 is 1.30 bits per heavy atom. The molecule has 0 amide bonds. The monoisotopic (exact) mass is 275 g/mol. The number of hydrogen-bond donors (Lipinski definition) is 1. The van der Waals surface area contributed by atoms with Crippen molar-refractivity contribution in [2.75, 3.05) is 12.4 Å². The fourth-order valence-electron chi connectivity index (χ4n) is 3.06. The van der Waals surface area contributed by atoms with Crippen molar-refractivity contribution in [1.29, 1.82) is 0 Å². The molecule has 3 nitrogen and oxygen atoms in total. The molecule has 1 aliphatic carbocycles. The average Bonchev–Trinajstić information content (AvgIpc) is 2.64. The third kappa shape index (κ3) is 3.14. The number of para-hydroxylation sites is 1. The summed E-state index contributed by atoms with van der Waals surface area (Å²) in [6.45, 7) is 4.33. The van der Waals surface area contributed by atoms with Crippen LogP contribution in [0.5, 0.6) is 0 Å². The Kier molecular flexibility index (Phi) is 4.69. The van der Waals surface area contributed by atoms with E-state index in [1.807, 2.05) is 18.2 Å². The minimum absolute atomic E-state index is 0.130. The molecule has 0 spiro atoms. The van der Waals surface area contributed by atoms with Gasteiger partial charge in [0.05, 0.1) is 7.11 Å². The minimum atomic E-state index is -0.564. The van der Waals surface area contributed by atoms with Crippen LogP contribution in [0.4, 0.5) is 5.69 Å². The summed E-state index contributed by atoms with van der Waals surface area (Å²) in [6, 6.07) is 8.11. The van der Waals surface area contributed by atoms with E-state index in [4.69, 9.17) is 4.74 Å². The van der Waals surface area contributed by atoms with Crippen molar-refractivity contribution in [2.24, 2.45) is 5.92 Å². The van der Waals surface area contributed by atoms with Crippen LogP contribution in [-0.4, -0.2) is 18.6 Å². The van der Waals surface area contributed by atoms with Gasteiger partial charge >= 0.3 is 5.97 Å². The number of rotatable bonds is 3. The van der Waals surface area contributed by atoms with Gasteiger partial charge in [-0.2, -0.15) is 0 Å². The number of hydrogen-bond acceptors (Lipinski definition) is 3. The molecule has 1 aliphatic rings. The topological polar surface area (TPSA) is 38.3 Å². The number of esters is 1. The predicted octanol–water partition coefficient (Wildman–Crippen LogP) is 3.92. The molecule has 1 saturated carbocycles. The standard InChI is InChI=1S/C17H25NO2/c1-13-7-6-11-17(12-10-13,16(19)20-3)18-15-9-5-4-8-14(15)2/h4-5,8-9,13,18H,6-7,10-12H2,1-3H3. The number of nitrogens with one attached hydrogen (secondary N) is 1. The molecule has 0 aliphatic heterocycles. The van der Waals surface area contributed by atoms with Gasteiger partial charge in [0.15, 0.2) is 0 Å². The highest BCUT2D eigenvalue weighted by molar-refractivity contribution is 5.84. The third-order valence-corrected chi connectivity index (χ3v) is 4.46. The molecule has 2 unspecified atom stereocenters. The van der Waals surface area contributed by atoms with Crippen molar-refractivity contribution >= 4 is 11.7 Å². The third-order valence-electron chi connectivity index (χ3n) is 4.46. The quantitative estimate of drug-likeness (QED) is 0.671. The molecule has 0 heterocycles. The summed E-state index contributed by atoms with van der Waals surface area (Å²) >= 11 is 0. The number of anilines is 1. The van der Waals surface area contributed by atoms with Crippen LogP contribution in [0.2, 0.25) is 0 Å². The van der Waals surface area contributed by atoms with E-state index in [1.54, 1.807) is 0 Å². The average molecular weight is 275 g/mol. The van der Waals surface area contributed by atoms with Crippen LogP contribution in [-0.2, 0) is 9.53 Å². The van der Waals surface area contributed by atoms with Crippen LogP contribution < -0.4 is 5.32 Å². The normalized spacial score (nSPS) is 26.6. The van der Waals surface area contributed by atoms with Crippen LogP contribution in [0.25, 0.3) is 0 Å². The number of ether oxygens (including phenoxy) is 1. The van der Waals surface area contributed by atoms with Gasteiger partial charge in [0, 0.05) is 5.69 Å². The molecular formula is C17H25NO2. The van der Waals surface area contributed by atoms with Gasteiger partial charge in [-0.3, -0.25) is 0 Å². The second-order valence-electron chi connectivity index (χ2n) is 6.05. The van der Waals surface area contributed by atoms with Crippen LogP contribution in [0.1, 0.15) is 44.6 Å². The molecule has 3 heteroatoms. The van der Waals surface area contributed by atoms with Gasteiger partial charge in [-0.05, 0) is 43.7 Å². The lowest BCUT2D eigenvalue weighted by atomic mass is 9.89. The fourth-order valence-corrected chi connectivity index (χ4v) is 3.06. The SMILES string of the molecule is COC(=O)C1(Nc2ccccc2C)CCCC(C)CC1. The van der Waals surface area contributed by atoms with Crippen molar-refractivity contribution < 1.29 is 9.53 Å². The highest BCUT2D eigenvalue weighted by Gasteiger charge is 2.40. The van der Waals surface area contributed by atoms with Crippen LogP contribution in [0.3, 0.4) is 0 Å². The zero-order chi connectivity index (χ0) is 14.6. The molecular weight excluding hydrogens is 250 g/mol. The first-order valence-electron chi connectivity index (χ1n) is 7.49. The summed E-state index contributed by atoms with van der Waals surface area (Å²) in [5.74, 6) is 0.551. The smallest absolute Gasteiger partial charge is 0.331 e. The van der Waals surface area contributed by atoms with E-state index in [0.717, 1.165) is 36.9 Å². The number of carbonyl (C=O) groups excluding carboxylic acids is 1. The largest absolute Gasteiger partial charge is 0.467 e. The first-order valence-corrected chi connectivity index (χ1v) is 7.49. The summed E-state index contributed by atoms with van der Waals surface area (Å²) in [4.78, 5) is 12.4.